The Kier molecular flexibility index (Phi) is 3.68. The molecule has 1 aromatic rings. The molecule has 0 N–H and O–H groups in total. The van der Waals surface area contributed by atoms with Gasteiger partial charge in [0, 0.05) is 43.5 Å². The van der Waals surface area contributed by atoms with Crippen LogP contribution in [0.2, 0.25) is 0 Å². The lowest BCUT2D eigenvalue weighted by molar-refractivity contribution is -0.144. The van der Waals surface area contributed by atoms with Gasteiger partial charge in [-0.2, -0.15) is 5.10 Å². The number of carbonyl (C=O) groups is 1. The zero-order valence-corrected chi connectivity index (χ0v) is 13.3. The van der Waals surface area contributed by atoms with E-state index < -0.39 is 0 Å². The Morgan fingerprint density at radius 2 is 2.05 bits per heavy atom. The average molecular weight is 303 g/mol. The number of carbonyl (C=O) groups excluding carboxylic acids is 1. The van der Waals surface area contributed by atoms with Crippen molar-refractivity contribution in [3.63, 3.8) is 0 Å². The van der Waals surface area contributed by atoms with Crippen molar-refractivity contribution in [2.24, 2.45) is 13.0 Å². The van der Waals surface area contributed by atoms with Crippen LogP contribution in [0.25, 0.3) is 0 Å². The van der Waals surface area contributed by atoms with Gasteiger partial charge in [-0.25, -0.2) is 0 Å². The molecule has 22 heavy (non-hydrogen) atoms. The molecule has 0 radical (unpaired) electrons. The van der Waals surface area contributed by atoms with Gasteiger partial charge in [-0.05, 0) is 44.6 Å². The van der Waals surface area contributed by atoms with Gasteiger partial charge in [0.2, 0.25) is 5.91 Å². The van der Waals surface area contributed by atoms with Gasteiger partial charge in [0.1, 0.15) is 0 Å². The summed E-state index contributed by atoms with van der Waals surface area (Å²) in [7, 11) is 2.02. The van der Waals surface area contributed by atoms with E-state index in [-0.39, 0.29) is 5.92 Å². The first kappa shape index (κ1) is 14.2. The van der Waals surface area contributed by atoms with Crippen LogP contribution in [-0.4, -0.2) is 45.9 Å². The third kappa shape index (κ3) is 2.35. The first-order valence-corrected chi connectivity index (χ1v) is 8.62. The molecule has 3 saturated heterocycles. The Morgan fingerprint density at radius 1 is 1.27 bits per heavy atom. The van der Waals surface area contributed by atoms with E-state index in [1.54, 1.807) is 0 Å². The molecule has 0 aromatic carbocycles. The molecule has 5 nitrogen and oxygen atoms in total. The number of aromatic nitrogens is 2. The summed E-state index contributed by atoms with van der Waals surface area (Å²) < 4.78 is 7.52. The molecule has 2 bridgehead atoms. The van der Waals surface area contributed by atoms with E-state index in [1.807, 2.05) is 17.9 Å². The second-order valence-corrected chi connectivity index (χ2v) is 7.09. The second-order valence-electron chi connectivity index (χ2n) is 7.09. The van der Waals surface area contributed by atoms with Crippen molar-refractivity contribution >= 4 is 5.91 Å². The highest BCUT2D eigenvalue weighted by Crippen LogP contribution is 2.43. The fourth-order valence-corrected chi connectivity index (χ4v) is 4.71. The second kappa shape index (κ2) is 5.69. The minimum absolute atomic E-state index is 0.102. The molecule has 1 aromatic heterocycles. The third-order valence-electron chi connectivity index (χ3n) is 5.77. The topological polar surface area (TPSA) is 47.4 Å². The summed E-state index contributed by atoms with van der Waals surface area (Å²) in [5.41, 5.74) is 1.32. The highest BCUT2D eigenvalue weighted by molar-refractivity contribution is 5.80. The molecule has 120 valence electrons. The fourth-order valence-electron chi connectivity index (χ4n) is 4.71. The van der Waals surface area contributed by atoms with E-state index in [1.165, 1.54) is 18.5 Å². The SMILES string of the molecule is Cn1nccc1C1C[C@H]2CC[C@@H](C1)N2C(=O)[C@@H]1CCCOC1. The molecule has 3 fully saturated rings. The molecule has 1 amide bonds. The molecule has 3 aliphatic rings. The van der Waals surface area contributed by atoms with Crippen LogP contribution in [-0.2, 0) is 16.6 Å². The van der Waals surface area contributed by atoms with Crippen LogP contribution in [0.1, 0.15) is 50.1 Å². The number of amides is 1. The number of nitrogens with zero attached hydrogens (tertiary/aromatic N) is 3. The maximum Gasteiger partial charge on any atom is 0.228 e. The normalized spacial score (nSPS) is 34.9. The van der Waals surface area contributed by atoms with Crippen molar-refractivity contribution in [3.8, 4) is 0 Å². The van der Waals surface area contributed by atoms with E-state index in [4.69, 9.17) is 4.74 Å². The highest BCUT2D eigenvalue weighted by Gasteiger charge is 2.45. The first-order chi connectivity index (χ1) is 10.7. The van der Waals surface area contributed by atoms with Gasteiger partial charge in [0.15, 0.2) is 0 Å². The van der Waals surface area contributed by atoms with Crippen LogP contribution >= 0.6 is 0 Å². The van der Waals surface area contributed by atoms with Gasteiger partial charge in [0.25, 0.3) is 0 Å². The van der Waals surface area contributed by atoms with Crippen LogP contribution in [0.3, 0.4) is 0 Å². The predicted octanol–water partition coefficient (Wildman–Crippen LogP) is 2.08. The Hall–Kier alpha value is -1.36. The number of hydrogen-bond donors (Lipinski definition) is 0. The molecule has 0 aliphatic carbocycles. The maximum absolute atomic E-state index is 12.9. The highest BCUT2D eigenvalue weighted by atomic mass is 16.5. The molecule has 3 aliphatic heterocycles. The van der Waals surface area contributed by atoms with Crippen LogP contribution in [0, 0.1) is 5.92 Å². The summed E-state index contributed by atoms with van der Waals surface area (Å²) in [6, 6.07) is 2.98. The molecule has 1 unspecified atom stereocenters. The van der Waals surface area contributed by atoms with E-state index in [9.17, 15) is 4.79 Å². The molecule has 0 spiro atoms. The molecule has 4 rings (SSSR count). The lowest BCUT2D eigenvalue weighted by Gasteiger charge is -2.41. The number of aryl methyl sites for hydroxylation is 1. The molecule has 0 saturated carbocycles. The zero-order valence-electron chi connectivity index (χ0n) is 13.3. The Bertz CT molecular complexity index is 536. The van der Waals surface area contributed by atoms with E-state index >= 15 is 0 Å². The Labute approximate surface area is 131 Å². The van der Waals surface area contributed by atoms with Crippen molar-refractivity contribution in [1.82, 2.24) is 14.7 Å². The number of hydrogen-bond acceptors (Lipinski definition) is 3. The van der Waals surface area contributed by atoms with E-state index in [0.717, 1.165) is 32.3 Å². The number of piperidine rings is 1. The number of fused-ring (bicyclic) bond motifs is 2. The minimum atomic E-state index is 0.102. The van der Waals surface area contributed by atoms with Crippen LogP contribution < -0.4 is 0 Å². The summed E-state index contributed by atoms with van der Waals surface area (Å²) in [4.78, 5) is 15.1. The first-order valence-electron chi connectivity index (χ1n) is 8.62. The van der Waals surface area contributed by atoms with Gasteiger partial charge >= 0.3 is 0 Å². The summed E-state index contributed by atoms with van der Waals surface area (Å²) in [6.45, 7) is 1.44. The van der Waals surface area contributed by atoms with Gasteiger partial charge in [-0.3, -0.25) is 9.48 Å². The summed E-state index contributed by atoms with van der Waals surface area (Å²) in [5.74, 6) is 1.01. The fraction of sp³-hybridized carbons (Fsp3) is 0.765. The van der Waals surface area contributed by atoms with E-state index in [0.29, 0.717) is 30.5 Å². The van der Waals surface area contributed by atoms with Gasteiger partial charge in [-0.1, -0.05) is 0 Å². The molecule has 4 atom stereocenters. The predicted molar refractivity (Wildman–Crippen MR) is 82.4 cm³/mol. The summed E-state index contributed by atoms with van der Waals surface area (Å²) in [6.07, 6.45) is 8.42. The Balaban J connectivity index is 1.49. The van der Waals surface area contributed by atoms with Crippen LogP contribution in [0.5, 0.6) is 0 Å². The standard InChI is InChI=1S/C17H25N3O2/c1-19-16(6-7-18-19)13-9-14-4-5-15(10-13)20(14)17(21)12-3-2-8-22-11-12/h6-7,12-15H,2-5,8-11H2,1H3/t12-,13?,14-,15+/m1/s1. The van der Waals surface area contributed by atoms with Crippen molar-refractivity contribution in [1.29, 1.82) is 0 Å². The van der Waals surface area contributed by atoms with Crippen LogP contribution in [0.4, 0.5) is 0 Å². The monoisotopic (exact) mass is 303 g/mol. The zero-order chi connectivity index (χ0) is 15.1. The van der Waals surface area contributed by atoms with E-state index in [2.05, 4.69) is 16.1 Å². The largest absolute Gasteiger partial charge is 0.381 e. The Morgan fingerprint density at radius 3 is 2.64 bits per heavy atom. The maximum atomic E-state index is 12.9. The third-order valence-corrected chi connectivity index (χ3v) is 5.77. The lowest BCUT2D eigenvalue weighted by atomic mass is 9.86. The van der Waals surface area contributed by atoms with Gasteiger partial charge < -0.3 is 9.64 Å². The number of rotatable bonds is 2. The molecule has 4 heterocycles. The minimum Gasteiger partial charge on any atom is -0.381 e. The summed E-state index contributed by atoms with van der Waals surface area (Å²) >= 11 is 0. The van der Waals surface area contributed by atoms with Crippen LogP contribution in [0.15, 0.2) is 12.3 Å². The lowest BCUT2D eigenvalue weighted by Crippen LogP contribution is -2.49. The quantitative estimate of drug-likeness (QED) is 0.840. The summed E-state index contributed by atoms with van der Waals surface area (Å²) in [5, 5.41) is 4.31. The van der Waals surface area contributed by atoms with Gasteiger partial charge in [0.05, 0.1) is 12.5 Å². The van der Waals surface area contributed by atoms with Crippen molar-refractivity contribution in [2.45, 2.75) is 56.5 Å². The number of ether oxygens (including phenoxy) is 1. The van der Waals surface area contributed by atoms with Crippen molar-refractivity contribution in [2.75, 3.05) is 13.2 Å². The molecule has 5 heteroatoms. The molecular formula is C17H25N3O2. The van der Waals surface area contributed by atoms with Crippen molar-refractivity contribution < 1.29 is 9.53 Å². The van der Waals surface area contributed by atoms with Gasteiger partial charge in [-0.15, -0.1) is 0 Å². The smallest absolute Gasteiger partial charge is 0.228 e. The van der Waals surface area contributed by atoms with Crippen molar-refractivity contribution in [3.05, 3.63) is 18.0 Å². The molecular weight excluding hydrogens is 278 g/mol. The average Bonchev–Trinajstić information content (AvgIpc) is 3.08.